The highest BCUT2D eigenvalue weighted by molar-refractivity contribution is 5.96. The molecule has 0 fully saturated rings. The van der Waals surface area contributed by atoms with Gasteiger partial charge in [0.2, 0.25) is 0 Å². The van der Waals surface area contributed by atoms with Gasteiger partial charge in [-0.3, -0.25) is 14.8 Å². The topological polar surface area (TPSA) is 52.1 Å². The minimum atomic E-state index is 0.0685. The maximum atomic E-state index is 12.1. The van der Waals surface area contributed by atoms with E-state index in [1.165, 1.54) is 0 Å². The van der Waals surface area contributed by atoms with Crippen LogP contribution in [0.1, 0.15) is 36.2 Å². The van der Waals surface area contributed by atoms with Crippen molar-refractivity contribution in [2.75, 3.05) is 0 Å². The summed E-state index contributed by atoms with van der Waals surface area (Å²) in [5.74, 6) is 0.707. The normalized spacial score (nSPS) is 10.6. The van der Waals surface area contributed by atoms with Gasteiger partial charge in [0.05, 0.1) is 12.3 Å². The molecule has 0 radical (unpaired) electrons. The number of aryl methyl sites for hydroxylation is 1. The molecule has 2 heterocycles. The number of carbonyl (C=O) groups is 1. The third-order valence-electron chi connectivity index (χ3n) is 2.80. The zero-order chi connectivity index (χ0) is 14.4. The number of carbonyl (C=O) groups excluding carboxylic acids is 1. The first-order chi connectivity index (χ1) is 9.65. The van der Waals surface area contributed by atoms with Gasteiger partial charge >= 0.3 is 0 Å². The lowest BCUT2D eigenvalue weighted by Crippen LogP contribution is -2.07. The van der Waals surface area contributed by atoms with Gasteiger partial charge in [-0.2, -0.15) is 0 Å². The van der Waals surface area contributed by atoms with E-state index in [1.54, 1.807) is 30.9 Å². The molecule has 0 saturated heterocycles. The van der Waals surface area contributed by atoms with Crippen LogP contribution >= 0.6 is 0 Å². The third kappa shape index (κ3) is 4.16. The Morgan fingerprint density at radius 1 is 1.20 bits per heavy atom. The molecule has 0 aromatic carbocycles. The lowest BCUT2D eigenvalue weighted by atomic mass is 10.0. The zero-order valence-electron chi connectivity index (χ0n) is 11.7. The monoisotopic (exact) mass is 270 g/mol. The summed E-state index contributed by atoms with van der Waals surface area (Å²) in [7, 11) is 0. The lowest BCUT2D eigenvalue weighted by Gasteiger charge is -2.10. The van der Waals surface area contributed by atoms with E-state index in [0.717, 1.165) is 5.56 Å². The molecule has 0 aliphatic carbocycles. The van der Waals surface area contributed by atoms with Crippen molar-refractivity contribution in [3.63, 3.8) is 0 Å². The van der Waals surface area contributed by atoms with Crippen LogP contribution in [-0.2, 0) is 6.42 Å². The second-order valence-electron chi connectivity index (χ2n) is 4.85. The average molecular weight is 270 g/mol. The molecular formula is C16H18N2O2. The van der Waals surface area contributed by atoms with E-state index in [9.17, 15) is 4.79 Å². The Balaban J connectivity index is 1.98. The third-order valence-corrected chi connectivity index (χ3v) is 2.80. The van der Waals surface area contributed by atoms with Crippen LogP contribution in [0.25, 0.3) is 0 Å². The molecule has 0 amide bonds. The summed E-state index contributed by atoms with van der Waals surface area (Å²) in [6.45, 7) is 3.88. The summed E-state index contributed by atoms with van der Waals surface area (Å²) >= 11 is 0. The van der Waals surface area contributed by atoms with Gasteiger partial charge in [-0.1, -0.05) is 0 Å². The standard InChI is InChI=1S/C16H18N2O2/c1-12(2)20-15-9-14(10-18-11-15)16(19)4-3-13-5-7-17-8-6-13/h5-12H,3-4H2,1-2H3. The smallest absolute Gasteiger partial charge is 0.164 e. The van der Waals surface area contributed by atoms with Crippen molar-refractivity contribution in [1.29, 1.82) is 0 Å². The van der Waals surface area contributed by atoms with Crippen LogP contribution in [-0.4, -0.2) is 21.9 Å². The SMILES string of the molecule is CC(C)Oc1cncc(C(=O)CCc2ccncc2)c1. The minimum Gasteiger partial charge on any atom is -0.489 e. The number of hydrogen-bond acceptors (Lipinski definition) is 4. The van der Waals surface area contributed by atoms with E-state index in [4.69, 9.17) is 4.74 Å². The van der Waals surface area contributed by atoms with Crippen LogP contribution in [0.2, 0.25) is 0 Å². The molecule has 0 bridgehead atoms. The highest BCUT2D eigenvalue weighted by Crippen LogP contribution is 2.15. The molecule has 0 aliphatic rings. The number of aromatic nitrogens is 2. The number of Topliss-reactive ketones (excluding diaryl/α,β-unsaturated/α-hetero) is 1. The summed E-state index contributed by atoms with van der Waals surface area (Å²) in [5.41, 5.74) is 1.70. The second-order valence-corrected chi connectivity index (χ2v) is 4.85. The Kier molecular flexibility index (Phi) is 4.82. The molecule has 0 N–H and O–H groups in total. The first-order valence-electron chi connectivity index (χ1n) is 6.69. The molecule has 0 saturated carbocycles. The van der Waals surface area contributed by atoms with Gasteiger partial charge in [0, 0.05) is 30.6 Å². The van der Waals surface area contributed by atoms with Crippen molar-refractivity contribution >= 4 is 5.78 Å². The van der Waals surface area contributed by atoms with Crippen molar-refractivity contribution in [1.82, 2.24) is 9.97 Å². The van der Waals surface area contributed by atoms with E-state index < -0.39 is 0 Å². The second kappa shape index (κ2) is 6.80. The summed E-state index contributed by atoms with van der Waals surface area (Å²) in [5, 5.41) is 0. The number of rotatable bonds is 6. The zero-order valence-corrected chi connectivity index (χ0v) is 11.7. The molecular weight excluding hydrogens is 252 g/mol. The Morgan fingerprint density at radius 2 is 1.95 bits per heavy atom. The van der Waals surface area contributed by atoms with Gasteiger partial charge in [-0.15, -0.1) is 0 Å². The lowest BCUT2D eigenvalue weighted by molar-refractivity contribution is 0.0981. The first-order valence-corrected chi connectivity index (χ1v) is 6.69. The fraction of sp³-hybridized carbons (Fsp3) is 0.312. The van der Waals surface area contributed by atoms with Crippen molar-refractivity contribution in [3.05, 3.63) is 54.1 Å². The minimum absolute atomic E-state index is 0.0685. The molecule has 4 nitrogen and oxygen atoms in total. The highest BCUT2D eigenvalue weighted by Gasteiger charge is 2.09. The molecule has 0 atom stereocenters. The predicted molar refractivity (Wildman–Crippen MR) is 76.9 cm³/mol. The molecule has 0 spiro atoms. The summed E-state index contributed by atoms with van der Waals surface area (Å²) in [6, 6.07) is 5.59. The maximum absolute atomic E-state index is 12.1. The average Bonchev–Trinajstić information content (AvgIpc) is 2.45. The molecule has 2 aromatic heterocycles. The highest BCUT2D eigenvalue weighted by atomic mass is 16.5. The van der Waals surface area contributed by atoms with E-state index in [0.29, 0.717) is 24.2 Å². The quantitative estimate of drug-likeness (QED) is 0.757. The first kappa shape index (κ1) is 14.2. The number of hydrogen-bond donors (Lipinski definition) is 0. The summed E-state index contributed by atoms with van der Waals surface area (Å²) in [4.78, 5) is 20.2. The van der Waals surface area contributed by atoms with Gasteiger partial charge in [-0.25, -0.2) is 0 Å². The molecule has 2 aromatic rings. The summed E-state index contributed by atoms with van der Waals surface area (Å²) < 4.78 is 5.54. The van der Waals surface area contributed by atoms with Crippen LogP contribution in [0, 0.1) is 0 Å². The Bertz CT molecular complexity index is 568. The van der Waals surface area contributed by atoms with Gasteiger partial charge in [0.15, 0.2) is 5.78 Å². The molecule has 2 rings (SSSR count). The van der Waals surface area contributed by atoms with E-state index in [-0.39, 0.29) is 11.9 Å². The molecule has 0 unspecified atom stereocenters. The van der Waals surface area contributed by atoms with Crippen LogP contribution < -0.4 is 4.74 Å². The van der Waals surface area contributed by atoms with Crippen LogP contribution in [0.5, 0.6) is 5.75 Å². The molecule has 4 heteroatoms. The van der Waals surface area contributed by atoms with Gasteiger partial charge < -0.3 is 4.74 Å². The van der Waals surface area contributed by atoms with Crippen molar-refractivity contribution < 1.29 is 9.53 Å². The van der Waals surface area contributed by atoms with Crippen molar-refractivity contribution in [3.8, 4) is 5.75 Å². The fourth-order valence-corrected chi connectivity index (χ4v) is 1.86. The van der Waals surface area contributed by atoms with E-state index in [1.807, 2.05) is 26.0 Å². The molecule has 104 valence electrons. The predicted octanol–water partition coefficient (Wildman–Crippen LogP) is 3.08. The largest absolute Gasteiger partial charge is 0.489 e. The maximum Gasteiger partial charge on any atom is 0.164 e. The van der Waals surface area contributed by atoms with E-state index >= 15 is 0 Å². The number of pyridine rings is 2. The van der Waals surface area contributed by atoms with Crippen molar-refractivity contribution in [2.24, 2.45) is 0 Å². The Labute approximate surface area is 118 Å². The van der Waals surface area contributed by atoms with E-state index in [2.05, 4.69) is 9.97 Å². The summed E-state index contributed by atoms with van der Waals surface area (Å²) in [6.07, 6.45) is 7.91. The van der Waals surface area contributed by atoms with Crippen LogP contribution in [0.4, 0.5) is 0 Å². The van der Waals surface area contributed by atoms with Crippen LogP contribution in [0.15, 0.2) is 43.0 Å². The van der Waals surface area contributed by atoms with Gasteiger partial charge in [0.1, 0.15) is 5.75 Å². The number of ketones is 1. The number of nitrogens with zero attached hydrogens (tertiary/aromatic N) is 2. The Hall–Kier alpha value is -2.23. The van der Waals surface area contributed by atoms with Gasteiger partial charge in [-0.05, 0) is 44.0 Å². The molecule has 20 heavy (non-hydrogen) atoms. The Morgan fingerprint density at radius 3 is 2.65 bits per heavy atom. The van der Waals surface area contributed by atoms with Crippen molar-refractivity contribution in [2.45, 2.75) is 32.8 Å². The fourth-order valence-electron chi connectivity index (χ4n) is 1.86. The molecule has 0 aliphatic heterocycles. The number of ether oxygens (including phenoxy) is 1. The van der Waals surface area contributed by atoms with Gasteiger partial charge in [0.25, 0.3) is 0 Å². The van der Waals surface area contributed by atoms with Crippen LogP contribution in [0.3, 0.4) is 0 Å².